The molecule has 0 saturated carbocycles. The van der Waals surface area contributed by atoms with Gasteiger partial charge in [-0.25, -0.2) is 0 Å². The number of carbonyl (C=O) groups is 1. The summed E-state index contributed by atoms with van der Waals surface area (Å²) < 4.78 is 1.69. The van der Waals surface area contributed by atoms with Crippen molar-refractivity contribution in [3.05, 3.63) is 16.9 Å². The summed E-state index contributed by atoms with van der Waals surface area (Å²) in [6.07, 6.45) is 4.63. The monoisotopic (exact) mass is 243 g/mol. The summed E-state index contributed by atoms with van der Waals surface area (Å²) in [7, 11) is 0. The minimum Gasteiger partial charge on any atom is -0.330 e. The molecule has 2 N–H and O–H groups in total. The van der Waals surface area contributed by atoms with Crippen molar-refractivity contribution in [2.45, 2.75) is 39.2 Å². The Balaban J connectivity index is 2.69. The van der Waals surface area contributed by atoms with Crippen LogP contribution in [0.2, 0.25) is 5.02 Å². The van der Waals surface area contributed by atoms with Gasteiger partial charge in [0.15, 0.2) is 5.78 Å². The number of aryl methyl sites for hydroxylation is 1. The fourth-order valence-electron chi connectivity index (χ4n) is 1.57. The molecule has 0 fully saturated rings. The molecule has 0 unspecified atom stereocenters. The summed E-state index contributed by atoms with van der Waals surface area (Å²) in [5.74, 6) is 0.0596. The molecule has 1 heterocycles. The first-order chi connectivity index (χ1) is 7.70. The molecule has 5 heteroatoms. The Kier molecular flexibility index (Phi) is 5.49. The molecule has 0 aromatic carbocycles. The number of nitrogens with two attached hydrogens (primary N) is 1. The van der Waals surface area contributed by atoms with Gasteiger partial charge in [0.1, 0.15) is 5.69 Å². The van der Waals surface area contributed by atoms with Crippen LogP contribution >= 0.6 is 11.6 Å². The number of unbranched alkanes of at least 4 members (excludes halogenated alkanes) is 1. The number of Topliss-reactive ketones (excluding diaryl/α,β-unsaturated/α-hetero) is 1. The number of halogens is 1. The highest BCUT2D eigenvalue weighted by atomic mass is 35.5. The summed E-state index contributed by atoms with van der Waals surface area (Å²) in [4.78, 5) is 11.9. The Labute approximate surface area is 101 Å². The summed E-state index contributed by atoms with van der Waals surface area (Å²) in [6.45, 7) is 3.39. The molecule has 0 aliphatic rings. The first-order valence-electron chi connectivity index (χ1n) is 5.65. The predicted octanol–water partition coefficient (Wildman–Crippen LogP) is 2.26. The molecule has 0 saturated heterocycles. The molecule has 90 valence electrons. The maximum Gasteiger partial charge on any atom is 0.182 e. The van der Waals surface area contributed by atoms with Crippen LogP contribution < -0.4 is 5.73 Å². The maximum atomic E-state index is 11.9. The van der Waals surface area contributed by atoms with Crippen LogP contribution in [-0.4, -0.2) is 22.1 Å². The van der Waals surface area contributed by atoms with Crippen molar-refractivity contribution in [1.82, 2.24) is 9.78 Å². The van der Waals surface area contributed by atoms with E-state index in [1.54, 1.807) is 4.68 Å². The van der Waals surface area contributed by atoms with Crippen LogP contribution in [0.15, 0.2) is 6.20 Å². The zero-order valence-electron chi connectivity index (χ0n) is 9.58. The molecule has 1 aromatic rings. The zero-order valence-corrected chi connectivity index (χ0v) is 10.3. The Morgan fingerprint density at radius 1 is 1.56 bits per heavy atom. The van der Waals surface area contributed by atoms with Crippen molar-refractivity contribution in [2.24, 2.45) is 5.73 Å². The van der Waals surface area contributed by atoms with Gasteiger partial charge in [-0.05, 0) is 25.8 Å². The van der Waals surface area contributed by atoms with Gasteiger partial charge in [0.2, 0.25) is 0 Å². The topological polar surface area (TPSA) is 60.9 Å². The highest BCUT2D eigenvalue weighted by molar-refractivity contribution is 6.33. The number of ketones is 1. The van der Waals surface area contributed by atoms with Crippen molar-refractivity contribution >= 4 is 17.4 Å². The lowest BCUT2D eigenvalue weighted by Crippen LogP contribution is -2.11. The molecule has 0 atom stereocenters. The van der Waals surface area contributed by atoms with Gasteiger partial charge in [-0.1, -0.05) is 18.5 Å². The van der Waals surface area contributed by atoms with Gasteiger partial charge in [-0.3, -0.25) is 9.48 Å². The van der Waals surface area contributed by atoms with Crippen LogP contribution in [0.1, 0.15) is 43.1 Å². The average molecular weight is 244 g/mol. The van der Waals surface area contributed by atoms with Gasteiger partial charge in [-0.15, -0.1) is 0 Å². The van der Waals surface area contributed by atoms with E-state index in [4.69, 9.17) is 17.3 Å². The number of nitrogens with zero attached hydrogens (tertiary/aromatic N) is 2. The van der Waals surface area contributed by atoms with Crippen LogP contribution in [0.5, 0.6) is 0 Å². The second-order valence-electron chi connectivity index (χ2n) is 3.73. The van der Waals surface area contributed by atoms with E-state index < -0.39 is 0 Å². The lowest BCUT2D eigenvalue weighted by atomic mass is 10.1. The average Bonchev–Trinajstić information content (AvgIpc) is 2.61. The second kappa shape index (κ2) is 6.66. The first-order valence-corrected chi connectivity index (χ1v) is 6.03. The molecular weight excluding hydrogens is 226 g/mol. The van der Waals surface area contributed by atoms with Gasteiger partial charge in [0.05, 0.1) is 11.2 Å². The Morgan fingerprint density at radius 3 is 2.94 bits per heavy atom. The molecular formula is C11H18ClN3O. The second-order valence-corrected chi connectivity index (χ2v) is 4.14. The van der Waals surface area contributed by atoms with Crippen molar-refractivity contribution in [2.75, 3.05) is 6.54 Å². The maximum absolute atomic E-state index is 11.9. The van der Waals surface area contributed by atoms with Crippen LogP contribution in [0.25, 0.3) is 0 Å². The Hall–Kier alpha value is -0.870. The minimum atomic E-state index is 0.0596. The summed E-state index contributed by atoms with van der Waals surface area (Å²) in [6, 6.07) is 0. The molecule has 1 aromatic heterocycles. The third kappa shape index (κ3) is 3.32. The largest absolute Gasteiger partial charge is 0.330 e. The zero-order chi connectivity index (χ0) is 12.0. The fraction of sp³-hybridized carbons (Fsp3) is 0.636. The van der Waals surface area contributed by atoms with Crippen LogP contribution in [0.3, 0.4) is 0 Å². The molecule has 0 spiro atoms. The van der Waals surface area contributed by atoms with Crippen LogP contribution in [0, 0.1) is 0 Å². The normalized spacial score (nSPS) is 10.7. The lowest BCUT2D eigenvalue weighted by Gasteiger charge is -2.05. The van der Waals surface area contributed by atoms with E-state index in [2.05, 4.69) is 5.10 Å². The lowest BCUT2D eigenvalue weighted by molar-refractivity contribution is 0.0969. The third-order valence-corrected chi connectivity index (χ3v) is 2.63. The number of carbonyl (C=O) groups excluding carboxylic acids is 1. The number of hydrogen-bond donors (Lipinski definition) is 1. The smallest absolute Gasteiger partial charge is 0.182 e. The van der Waals surface area contributed by atoms with Gasteiger partial charge < -0.3 is 5.73 Å². The molecule has 0 radical (unpaired) electrons. The van der Waals surface area contributed by atoms with Gasteiger partial charge in [-0.2, -0.15) is 5.10 Å². The van der Waals surface area contributed by atoms with Crippen molar-refractivity contribution in [3.8, 4) is 0 Å². The number of rotatable bonds is 7. The summed E-state index contributed by atoms with van der Waals surface area (Å²) in [5.41, 5.74) is 5.93. The third-order valence-electron chi connectivity index (χ3n) is 2.35. The van der Waals surface area contributed by atoms with E-state index in [-0.39, 0.29) is 5.78 Å². The Bertz CT molecular complexity index is 349. The quantitative estimate of drug-likeness (QED) is 0.590. The van der Waals surface area contributed by atoms with Crippen LogP contribution in [-0.2, 0) is 6.54 Å². The van der Waals surface area contributed by atoms with E-state index in [1.807, 2.05) is 6.92 Å². The van der Waals surface area contributed by atoms with E-state index in [0.717, 1.165) is 25.8 Å². The molecule has 1 rings (SSSR count). The van der Waals surface area contributed by atoms with Crippen molar-refractivity contribution in [1.29, 1.82) is 0 Å². The molecule has 4 nitrogen and oxygen atoms in total. The molecule has 0 bridgehead atoms. The van der Waals surface area contributed by atoms with Crippen molar-refractivity contribution < 1.29 is 4.79 Å². The van der Waals surface area contributed by atoms with Gasteiger partial charge >= 0.3 is 0 Å². The Morgan fingerprint density at radius 2 is 2.31 bits per heavy atom. The molecule has 0 amide bonds. The summed E-state index contributed by atoms with van der Waals surface area (Å²) >= 11 is 5.96. The van der Waals surface area contributed by atoms with E-state index in [1.165, 1.54) is 6.20 Å². The van der Waals surface area contributed by atoms with E-state index in [0.29, 0.717) is 23.7 Å². The minimum absolute atomic E-state index is 0.0596. The van der Waals surface area contributed by atoms with Gasteiger partial charge in [0, 0.05) is 13.0 Å². The summed E-state index contributed by atoms with van der Waals surface area (Å²) in [5, 5.41) is 4.54. The van der Waals surface area contributed by atoms with E-state index in [9.17, 15) is 4.79 Å². The predicted molar refractivity (Wildman–Crippen MR) is 64.8 cm³/mol. The van der Waals surface area contributed by atoms with Crippen LogP contribution in [0.4, 0.5) is 0 Å². The molecule has 16 heavy (non-hydrogen) atoms. The SMILES string of the molecule is CCCn1ncc(Cl)c1C(=O)CCCCN. The molecule has 0 aliphatic heterocycles. The highest BCUT2D eigenvalue weighted by Gasteiger charge is 2.16. The number of aromatic nitrogens is 2. The fourth-order valence-corrected chi connectivity index (χ4v) is 1.82. The first kappa shape index (κ1) is 13.2. The van der Waals surface area contributed by atoms with Crippen molar-refractivity contribution in [3.63, 3.8) is 0 Å². The number of hydrogen-bond acceptors (Lipinski definition) is 3. The standard InChI is InChI=1S/C11H18ClN3O/c1-2-7-15-11(9(12)8-14-15)10(16)5-3-4-6-13/h8H,2-7,13H2,1H3. The highest BCUT2D eigenvalue weighted by Crippen LogP contribution is 2.18. The van der Waals surface area contributed by atoms with E-state index >= 15 is 0 Å². The van der Waals surface area contributed by atoms with Gasteiger partial charge in [0.25, 0.3) is 0 Å². The molecule has 0 aliphatic carbocycles.